The van der Waals surface area contributed by atoms with Crippen molar-refractivity contribution in [1.29, 1.82) is 0 Å². The number of nitrogens with zero attached hydrogens (tertiary/aromatic N) is 2. The molecule has 7 N–H and O–H groups in total. The minimum absolute atomic E-state index is 0.0116. The first-order chi connectivity index (χ1) is 9.40. The lowest BCUT2D eigenvalue weighted by atomic mass is 10.1. The van der Waals surface area contributed by atoms with Gasteiger partial charge in [0.2, 0.25) is 0 Å². The van der Waals surface area contributed by atoms with Crippen molar-refractivity contribution in [2.75, 3.05) is 0 Å². The van der Waals surface area contributed by atoms with E-state index in [4.69, 9.17) is 11.5 Å². The van der Waals surface area contributed by atoms with Gasteiger partial charge in [-0.2, -0.15) is 10.2 Å². The highest BCUT2D eigenvalue weighted by Gasteiger charge is 2.05. The van der Waals surface area contributed by atoms with Gasteiger partial charge in [-0.3, -0.25) is 10.9 Å². The fourth-order valence-electron chi connectivity index (χ4n) is 1.36. The van der Waals surface area contributed by atoms with E-state index in [-0.39, 0.29) is 16.0 Å². The minimum Gasteiger partial charge on any atom is -0.507 e. The van der Waals surface area contributed by atoms with Gasteiger partial charge in [-0.15, -0.1) is 0 Å². The molecule has 0 fully saturated rings. The number of thiocarbonyl (C=S) groups is 2. The molecule has 0 radical (unpaired) electrons. The maximum atomic E-state index is 10.1. The molecule has 0 aliphatic rings. The molecule has 0 spiro atoms. The molecule has 0 aromatic heterocycles. The van der Waals surface area contributed by atoms with Crippen LogP contribution in [-0.2, 0) is 0 Å². The molecular formula is C11H14N6OS2. The van der Waals surface area contributed by atoms with Crippen molar-refractivity contribution in [3.05, 3.63) is 28.8 Å². The highest BCUT2D eigenvalue weighted by molar-refractivity contribution is 7.80. The smallest absolute Gasteiger partial charge is 0.184 e. The number of rotatable bonds is 4. The first-order valence-corrected chi connectivity index (χ1v) is 6.22. The largest absolute Gasteiger partial charge is 0.507 e. The number of hydrazone groups is 2. The Balaban J connectivity index is 3.00. The van der Waals surface area contributed by atoms with E-state index in [2.05, 4.69) is 45.5 Å². The number of aromatic hydroxyl groups is 1. The van der Waals surface area contributed by atoms with E-state index in [1.165, 1.54) is 12.4 Å². The topological polar surface area (TPSA) is 121 Å². The number of aryl methyl sites for hydroxylation is 1. The fourth-order valence-corrected chi connectivity index (χ4v) is 1.47. The molecular weight excluding hydrogens is 296 g/mol. The molecule has 1 aromatic rings. The van der Waals surface area contributed by atoms with Gasteiger partial charge in [0, 0.05) is 11.1 Å². The minimum atomic E-state index is 0.0116. The molecule has 0 saturated carbocycles. The van der Waals surface area contributed by atoms with Gasteiger partial charge in [-0.05, 0) is 49.1 Å². The Morgan fingerprint density at radius 2 is 1.50 bits per heavy atom. The summed E-state index contributed by atoms with van der Waals surface area (Å²) in [6, 6.07) is 3.50. The summed E-state index contributed by atoms with van der Waals surface area (Å²) in [5, 5.41) is 17.7. The van der Waals surface area contributed by atoms with Gasteiger partial charge < -0.3 is 16.6 Å². The standard InChI is InChI=1S/C11H14N6OS2/c1-6-2-7(4-14-16-10(12)19)9(18)8(3-6)5-15-17-11(13)20/h2-5,18H,1H3,(H3,12,16,19)(H3,13,17,20)/b14-4-,15-5-. The zero-order chi connectivity index (χ0) is 15.1. The van der Waals surface area contributed by atoms with E-state index in [9.17, 15) is 5.11 Å². The molecule has 1 aromatic carbocycles. The third-order valence-corrected chi connectivity index (χ3v) is 2.25. The zero-order valence-corrected chi connectivity index (χ0v) is 12.3. The summed E-state index contributed by atoms with van der Waals surface area (Å²) in [6.45, 7) is 1.87. The molecule has 7 nitrogen and oxygen atoms in total. The quantitative estimate of drug-likeness (QED) is 0.302. The molecule has 1 rings (SSSR count). The van der Waals surface area contributed by atoms with Gasteiger partial charge in [0.05, 0.1) is 12.4 Å². The number of phenols is 1. The van der Waals surface area contributed by atoms with Crippen LogP contribution >= 0.6 is 24.4 Å². The van der Waals surface area contributed by atoms with Crippen molar-refractivity contribution < 1.29 is 5.11 Å². The van der Waals surface area contributed by atoms with Crippen molar-refractivity contribution >= 4 is 47.1 Å². The van der Waals surface area contributed by atoms with Crippen molar-refractivity contribution in [3.8, 4) is 5.75 Å². The Morgan fingerprint density at radius 1 is 1.10 bits per heavy atom. The van der Waals surface area contributed by atoms with Crippen LogP contribution in [0.3, 0.4) is 0 Å². The van der Waals surface area contributed by atoms with E-state index >= 15 is 0 Å². The maximum Gasteiger partial charge on any atom is 0.184 e. The van der Waals surface area contributed by atoms with E-state index < -0.39 is 0 Å². The maximum absolute atomic E-state index is 10.1. The Labute approximate surface area is 126 Å². The Bertz CT molecular complexity index is 537. The lowest BCUT2D eigenvalue weighted by Crippen LogP contribution is -2.24. The number of phenolic OH excluding ortho intramolecular Hbond substituents is 1. The number of hydrogen-bond donors (Lipinski definition) is 5. The van der Waals surface area contributed by atoms with Gasteiger partial charge >= 0.3 is 0 Å². The lowest BCUT2D eigenvalue weighted by Gasteiger charge is -2.05. The molecule has 0 heterocycles. The molecule has 0 atom stereocenters. The highest BCUT2D eigenvalue weighted by atomic mass is 32.1. The molecule has 106 valence electrons. The van der Waals surface area contributed by atoms with Crippen LogP contribution in [0, 0.1) is 6.92 Å². The van der Waals surface area contributed by atoms with Gasteiger partial charge in [0.15, 0.2) is 10.2 Å². The summed E-state index contributed by atoms with van der Waals surface area (Å²) >= 11 is 9.23. The second-order valence-electron chi connectivity index (χ2n) is 3.76. The van der Waals surface area contributed by atoms with Crippen LogP contribution in [0.15, 0.2) is 22.3 Å². The first kappa shape index (κ1) is 15.8. The monoisotopic (exact) mass is 310 g/mol. The zero-order valence-electron chi connectivity index (χ0n) is 10.6. The van der Waals surface area contributed by atoms with Gasteiger partial charge in [0.1, 0.15) is 5.75 Å². The van der Waals surface area contributed by atoms with Crippen LogP contribution in [0.5, 0.6) is 5.75 Å². The number of nitrogens with two attached hydrogens (primary N) is 2. The number of nitrogens with one attached hydrogen (secondary N) is 2. The van der Waals surface area contributed by atoms with E-state index in [0.717, 1.165) is 5.56 Å². The van der Waals surface area contributed by atoms with Crippen LogP contribution in [0.2, 0.25) is 0 Å². The summed E-state index contributed by atoms with van der Waals surface area (Å²) in [5.74, 6) is 0.0116. The van der Waals surface area contributed by atoms with Crippen LogP contribution in [-0.4, -0.2) is 27.8 Å². The SMILES string of the molecule is Cc1cc(/C=N\NC(N)=S)c(O)c(/C=N\NC(N)=S)c1. The van der Waals surface area contributed by atoms with Gasteiger partial charge in [0.25, 0.3) is 0 Å². The van der Waals surface area contributed by atoms with Crippen LogP contribution < -0.4 is 22.3 Å². The van der Waals surface area contributed by atoms with Gasteiger partial charge in [-0.25, -0.2) is 0 Å². The van der Waals surface area contributed by atoms with E-state index in [1.54, 1.807) is 12.1 Å². The normalized spacial score (nSPS) is 10.8. The van der Waals surface area contributed by atoms with Crippen LogP contribution in [0.25, 0.3) is 0 Å². The van der Waals surface area contributed by atoms with E-state index in [1.807, 2.05) is 6.92 Å². The molecule has 0 aliphatic heterocycles. The van der Waals surface area contributed by atoms with Crippen molar-refractivity contribution in [1.82, 2.24) is 10.9 Å². The molecule has 9 heteroatoms. The Kier molecular flexibility index (Phi) is 5.81. The summed E-state index contributed by atoms with van der Waals surface area (Å²) in [4.78, 5) is 0. The third-order valence-electron chi connectivity index (χ3n) is 2.07. The van der Waals surface area contributed by atoms with Crippen LogP contribution in [0.4, 0.5) is 0 Å². The van der Waals surface area contributed by atoms with E-state index in [0.29, 0.717) is 11.1 Å². The average Bonchev–Trinajstić information content (AvgIpc) is 2.33. The van der Waals surface area contributed by atoms with Gasteiger partial charge in [-0.1, -0.05) is 0 Å². The average molecular weight is 310 g/mol. The summed E-state index contributed by atoms with van der Waals surface area (Å²) in [5.41, 5.74) is 17.2. The summed E-state index contributed by atoms with van der Waals surface area (Å²) in [7, 11) is 0. The van der Waals surface area contributed by atoms with Crippen molar-refractivity contribution in [3.63, 3.8) is 0 Å². The molecule has 20 heavy (non-hydrogen) atoms. The Morgan fingerprint density at radius 3 is 1.85 bits per heavy atom. The number of hydrogen-bond acceptors (Lipinski definition) is 5. The second kappa shape index (κ2) is 7.36. The lowest BCUT2D eigenvalue weighted by molar-refractivity contribution is 0.473. The second-order valence-corrected chi connectivity index (χ2v) is 4.64. The summed E-state index contributed by atoms with van der Waals surface area (Å²) in [6.07, 6.45) is 2.81. The third kappa shape index (κ3) is 5.16. The summed E-state index contributed by atoms with van der Waals surface area (Å²) < 4.78 is 0. The fraction of sp³-hybridized carbons (Fsp3) is 0.0909. The molecule has 0 unspecified atom stereocenters. The number of benzene rings is 1. The molecule has 0 amide bonds. The predicted molar refractivity (Wildman–Crippen MR) is 87.9 cm³/mol. The first-order valence-electron chi connectivity index (χ1n) is 5.40. The molecule has 0 bridgehead atoms. The molecule has 0 saturated heterocycles. The van der Waals surface area contributed by atoms with Crippen LogP contribution in [0.1, 0.15) is 16.7 Å². The molecule has 0 aliphatic carbocycles. The highest BCUT2D eigenvalue weighted by Crippen LogP contribution is 2.21. The van der Waals surface area contributed by atoms with Crippen molar-refractivity contribution in [2.45, 2.75) is 6.92 Å². The van der Waals surface area contributed by atoms with Crippen molar-refractivity contribution in [2.24, 2.45) is 21.7 Å². The predicted octanol–water partition coefficient (Wildman–Crippen LogP) is 0.0348. The Hall–Kier alpha value is -2.26.